The quantitative estimate of drug-likeness (QED) is 0.631. The number of nitrogen functional groups attached to an aromatic ring is 1. The largest absolute Gasteiger partial charge is 0.482 e. The van der Waals surface area contributed by atoms with Crippen LogP contribution in [0.2, 0.25) is 0 Å². The average Bonchev–Trinajstić information content (AvgIpc) is 2.70. The van der Waals surface area contributed by atoms with Crippen LogP contribution in [0.1, 0.15) is 29.8 Å². The van der Waals surface area contributed by atoms with Gasteiger partial charge in [-0.2, -0.15) is 13.2 Å². The van der Waals surface area contributed by atoms with E-state index in [-0.39, 0.29) is 30.1 Å². The summed E-state index contributed by atoms with van der Waals surface area (Å²) >= 11 is 0. The van der Waals surface area contributed by atoms with E-state index in [1.165, 1.54) is 24.8 Å². The second-order valence-electron chi connectivity index (χ2n) is 6.26. The van der Waals surface area contributed by atoms with Crippen molar-refractivity contribution in [3.63, 3.8) is 0 Å². The van der Waals surface area contributed by atoms with Crippen LogP contribution in [0.15, 0.2) is 12.1 Å². The Balaban J connectivity index is 2.17. The molecule has 1 atom stereocenters. The number of alkyl halides is 4. The lowest BCUT2D eigenvalue weighted by Crippen LogP contribution is -2.42. The number of fused-ring (bicyclic) bond motifs is 1. The molecular formula is C15H18F4N2O3. The topological polar surface area (TPSA) is 75.8 Å². The molecule has 0 radical (unpaired) electrons. The standard InChI is InChI=1S/C15H18F4N2O3/c1-14(2,23)12(16)6-21-5-8-3-10(20)11(4-9(8)13(21)22)24-7-15(17,18)19/h3-4,12,23H,5-7,20H2,1-2H3/t12-/m1/s1. The Labute approximate surface area is 136 Å². The minimum Gasteiger partial charge on any atom is -0.482 e. The fourth-order valence-corrected chi connectivity index (χ4v) is 2.27. The van der Waals surface area contributed by atoms with E-state index in [0.717, 1.165) is 6.07 Å². The molecule has 1 amide bonds. The zero-order chi connectivity index (χ0) is 18.3. The molecule has 9 heteroatoms. The summed E-state index contributed by atoms with van der Waals surface area (Å²) in [4.78, 5) is 13.4. The molecule has 1 aliphatic rings. The Kier molecular flexibility index (Phi) is 4.67. The van der Waals surface area contributed by atoms with Crippen LogP contribution in [0.25, 0.3) is 0 Å². The van der Waals surface area contributed by atoms with Crippen LogP contribution >= 0.6 is 0 Å². The predicted octanol–water partition coefficient (Wildman–Crippen LogP) is 2.27. The van der Waals surface area contributed by atoms with Gasteiger partial charge in [0.05, 0.1) is 17.8 Å². The Morgan fingerprint density at radius 2 is 2.00 bits per heavy atom. The molecule has 0 bridgehead atoms. The highest BCUT2D eigenvalue weighted by atomic mass is 19.4. The molecule has 0 unspecified atom stereocenters. The van der Waals surface area contributed by atoms with Gasteiger partial charge in [0.15, 0.2) is 6.61 Å². The highest BCUT2D eigenvalue weighted by Gasteiger charge is 2.35. The van der Waals surface area contributed by atoms with Crippen LogP contribution in [0.5, 0.6) is 5.75 Å². The molecule has 2 rings (SSSR count). The van der Waals surface area contributed by atoms with Gasteiger partial charge in [0.2, 0.25) is 0 Å². The fourth-order valence-electron chi connectivity index (χ4n) is 2.27. The van der Waals surface area contributed by atoms with Gasteiger partial charge in [-0.25, -0.2) is 4.39 Å². The van der Waals surface area contributed by atoms with Gasteiger partial charge >= 0.3 is 6.18 Å². The Morgan fingerprint density at radius 1 is 1.38 bits per heavy atom. The van der Waals surface area contributed by atoms with E-state index in [2.05, 4.69) is 4.74 Å². The van der Waals surface area contributed by atoms with E-state index in [1.54, 1.807) is 0 Å². The van der Waals surface area contributed by atoms with E-state index in [4.69, 9.17) is 5.73 Å². The summed E-state index contributed by atoms with van der Waals surface area (Å²) in [7, 11) is 0. The molecule has 0 aromatic heterocycles. The summed E-state index contributed by atoms with van der Waals surface area (Å²) in [6.07, 6.45) is -6.20. The highest BCUT2D eigenvalue weighted by Crippen LogP contribution is 2.33. The van der Waals surface area contributed by atoms with Crippen molar-refractivity contribution in [1.29, 1.82) is 0 Å². The van der Waals surface area contributed by atoms with Crippen molar-refractivity contribution in [3.8, 4) is 5.75 Å². The van der Waals surface area contributed by atoms with Crippen molar-refractivity contribution in [1.82, 2.24) is 4.90 Å². The average molecular weight is 350 g/mol. The van der Waals surface area contributed by atoms with Gasteiger partial charge in [0.25, 0.3) is 5.91 Å². The lowest BCUT2D eigenvalue weighted by atomic mass is 10.0. The van der Waals surface area contributed by atoms with Crippen molar-refractivity contribution in [3.05, 3.63) is 23.3 Å². The third kappa shape index (κ3) is 4.08. The number of benzene rings is 1. The minimum atomic E-state index is -4.53. The zero-order valence-electron chi connectivity index (χ0n) is 13.2. The number of carbonyl (C=O) groups excluding carboxylic acids is 1. The Bertz CT molecular complexity index is 641. The maximum absolute atomic E-state index is 14.0. The van der Waals surface area contributed by atoms with Gasteiger partial charge in [0, 0.05) is 12.1 Å². The molecule has 5 nitrogen and oxygen atoms in total. The van der Waals surface area contributed by atoms with Gasteiger partial charge in [0.1, 0.15) is 11.9 Å². The van der Waals surface area contributed by atoms with Crippen molar-refractivity contribution < 1.29 is 32.2 Å². The third-order valence-corrected chi connectivity index (χ3v) is 3.65. The van der Waals surface area contributed by atoms with Crippen molar-refractivity contribution >= 4 is 11.6 Å². The predicted molar refractivity (Wildman–Crippen MR) is 78.3 cm³/mol. The van der Waals surface area contributed by atoms with Crippen LogP contribution < -0.4 is 10.5 Å². The lowest BCUT2D eigenvalue weighted by Gasteiger charge is -2.26. The number of hydrogen-bond donors (Lipinski definition) is 2. The number of amides is 1. The molecule has 134 valence electrons. The maximum Gasteiger partial charge on any atom is 0.422 e. The number of ether oxygens (including phenoxy) is 1. The molecule has 24 heavy (non-hydrogen) atoms. The van der Waals surface area contributed by atoms with E-state index >= 15 is 0 Å². The van der Waals surface area contributed by atoms with Gasteiger partial charge in [-0.3, -0.25) is 4.79 Å². The summed E-state index contributed by atoms with van der Waals surface area (Å²) in [5, 5.41) is 9.62. The number of nitrogens with two attached hydrogens (primary N) is 1. The van der Waals surface area contributed by atoms with E-state index in [1.807, 2.05) is 0 Å². The second kappa shape index (κ2) is 6.12. The third-order valence-electron chi connectivity index (χ3n) is 3.65. The van der Waals surface area contributed by atoms with Gasteiger partial charge in [-0.05, 0) is 31.5 Å². The molecule has 1 aliphatic heterocycles. The van der Waals surface area contributed by atoms with Crippen LogP contribution in [0.3, 0.4) is 0 Å². The van der Waals surface area contributed by atoms with Crippen LogP contribution in [-0.4, -0.2) is 47.0 Å². The molecule has 3 N–H and O–H groups in total. The number of nitrogens with zero attached hydrogens (tertiary/aromatic N) is 1. The molecule has 1 heterocycles. The van der Waals surface area contributed by atoms with Crippen molar-refractivity contribution in [2.24, 2.45) is 0 Å². The molecule has 0 saturated heterocycles. The van der Waals surface area contributed by atoms with Gasteiger partial charge in [-0.1, -0.05) is 0 Å². The van der Waals surface area contributed by atoms with E-state index < -0.39 is 30.5 Å². The highest BCUT2D eigenvalue weighted by molar-refractivity contribution is 5.99. The van der Waals surface area contributed by atoms with Crippen molar-refractivity contribution in [2.45, 2.75) is 38.3 Å². The summed E-state index contributed by atoms with van der Waals surface area (Å²) in [5.41, 5.74) is 4.58. The Hall–Kier alpha value is -2.03. The number of aliphatic hydroxyl groups is 1. The molecular weight excluding hydrogens is 332 g/mol. The summed E-state index contributed by atoms with van der Waals surface area (Å²) in [6.45, 7) is 0.766. The first kappa shape index (κ1) is 18.3. The summed E-state index contributed by atoms with van der Waals surface area (Å²) in [5.74, 6) is -0.797. The number of hydrogen-bond acceptors (Lipinski definition) is 4. The number of rotatable bonds is 5. The molecule has 1 aromatic rings. The first-order valence-corrected chi connectivity index (χ1v) is 7.16. The monoisotopic (exact) mass is 350 g/mol. The first-order valence-electron chi connectivity index (χ1n) is 7.16. The normalized spacial score (nSPS) is 16.3. The molecule has 0 saturated carbocycles. The minimum absolute atomic E-state index is 0.0352. The van der Waals surface area contributed by atoms with Crippen LogP contribution in [0, 0.1) is 0 Å². The van der Waals surface area contributed by atoms with Gasteiger partial charge < -0.3 is 20.5 Å². The maximum atomic E-state index is 14.0. The zero-order valence-corrected chi connectivity index (χ0v) is 13.2. The molecule has 0 aliphatic carbocycles. The molecule has 0 spiro atoms. The molecule has 0 fully saturated rings. The number of anilines is 1. The van der Waals surface area contributed by atoms with Crippen LogP contribution in [0.4, 0.5) is 23.2 Å². The van der Waals surface area contributed by atoms with E-state index in [9.17, 15) is 27.5 Å². The number of halogens is 4. The second-order valence-corrected chi connectivity index (χ2v) is 6.26. The summed E-state index contributed by atoms with van der Waals surface area (Å²) in [6, 6.07) is 2.48. The van der Waals surface area contributed by atoms with E-state index in [0.29, 0.717) is 5.56 Å². The fraction of sp³-hybridized carbons (Fsp3) is 0.533. The van der Waals surface area contributed by atoms with Crippen LogP contribution in [-0.2, 0) is 6.54 Å². The lowest BCUT2D eigenvalue weighted by molar-refractivity contribution is -0.153. The SMILES string of the molecule is CC(C)(O)[C@H](F)CN1Cc2cc(N)c(OCC(F)(F)F)cc2C1=O. The van der Waals surface area contributed by atoms with Crippen molar-refractivity contribution in [2.75, 3.05) is 18.9 Å². The Morgan fingerprint density at radius 3 is 2.54 bits per heavy atom. The number of carbonyl (C=O) groups is 1. The molecule has 1 aromatic carbocycles. The summed E-state index contributed by atoms with van der Waals surface area (Å²) < 4.78 is 55.3. The smallest absolute Gasteiger partial charge is 0.422 e. The van der Waals surface area contributed by atoms with Gasteiger partial charge in [-0.15, -0.1) is 0 Å². The first-order chi connectivity index (χ1) is 10.9.